The zero-order chi connectivity index (χ0) is 12.0. The highest BCUT2D eigenvalue weighted by Crippen LogP contribution is 2.17. The summed E-state index contributed by atoms with van der Waals surface area (Å²) in [6.07, 6.45) is 7.66. The number of hydrogen-bond donors (Lipinski definition) is 1. The summed E-state index contributed by atoms with van der Waals surface area (Å²) in [5.74, 6) is 0.279. The fraction of sp³-hybridized carbons (Fsp3) is 1.00. The van der Waals surface area contributed by atoms with Gasteiger partial charge in [0, 0.05) is 12.6 Å². The zero-order valence-corrected chi connectivity index (χ0v) is 11.4. The normalized spacial score (nSPS) is 19.9. The molecule has 0 amide bonds. The lowest BCUT2D eigenvalue weighted by atomic mass is 10.1. The first-order valence-electron chi connectivity index (χ1n) is 6.47. The Morgan fingerprint density at radius 2 is 1.69 bits per heavy atom. The Bertz CT molecular complexity index is 277. The van der Waals surface area contributed by atoms with Crippen molar-refractivity contribution in [1.29, 1.82) is 0 Å². The molecule has 0 spiro atoms. The first kappa shape index (κ1) is 14.0. The Morgan fingerprint density at radius 1 is 1.12 bits per heavy atom. The minimum atomic E-state index is -2.87. The first-order chi connectivity index (χ1) is 7.52. The van der Waals surface area contributed by atoms with E-state index < -0.39 is 9.84 Å². The van der Waals surface area contributed by atoms with Crippen molar-refractivity contribution in [3.63, 3.8) is 0 Å². The van der Waals surface area contributed by atoms with Crippen LogP contribution in [-0.4, -0.2) is 32.0 Å². The summed E-state index contributed by atoms with van der Waals surface area (Å²) in [5.41, 5.74) is 0. The maximum absolute atomic E-state index is 11.6. The van der Waals surface area contributed by atoms with Gasteiger partial charge in [-0.3, -0.25) is 0 Å². The number of sulfone groups is 1. The molecule has 1 saturated carbocycles. The van der Waals surface area contributed by atoms with Crippen LogP contribution in [0.4, 0.5) is 0 Å². The minimum absolute atomic E-state index is 0.247. The summed E-state index contributed by atoms with van der Waals surface area (Å²) < 4.78 is 23.2. The third kappa shape index (κ3) is 4.83. The summed E-state index contributed by atoms with van der Waals surface area (Å²) in [7, 11) is -2.87. The van der Waals surface area contributed by atoms with Crippen molar-refractivity contribution in [3.8, 4) is 0 Å². The Balaban J connectivity index is 2.24. The smallest absolute Gasteiger partial charge is 0.153 e. The van der Waals surface area contributed by atoms with Crippen LogP contribution in [0.5, 0.6) is 0 Å². The molecular formula is C12H25NO2S. The van der Waals surface area contributed by atoms with E-state index in [1.165, 1.54) is 38.5 Å². The lowest BCUT2D eigenvalue weighted by Crippen LogP contribution is -2.34. The molecule has 96 valence electrons. The molecule has 0 bridgehead atoms. The van der Waals surface area contributed by atoms with E-state index in [0.717, 1.165) is 0 Å². The molecule has 0 aromatic rings. The van der Waals surface area contributed by atoms with Crippen LogP contribution in [0, 0.1) is 0 Å². The number of nitrogens with one attached hydrogen (secondary N) is 1. The second-order valence-electron chi connectivity index (χ2n) is 5.06. The topological polar surface area (TPSA) is 46.2 Å². The largest absolute Gasteiger partial charge is 0.313 e. The molecule has 0 aromatic carbocycles. The molecule has 3 nitrogen and oxygen atoms in total. The average Bonchev–Trinajstić information content (AvgIpc) is 2.46. The van der Waals surface area contributed by atoms with Crippen molar-refractivity contribution in [1.82, 2.24) is 5.32 Å². The van der Waals surface area contributed by atoms with Crippen LogP contribution in [0.15, 0.2) is 0 Å². The van der Waals surface area contributed by atoms with Gasteiger partial charge in [-0.1, -0.05) is 25.7 Å². The van der Waals surface area contributed by atoms with E-state index in [-0.39, 0.29) is 11.0 Å². The lowest BCUT2D eigenvalue weighted by Gasteiger charge is -2.16. The van der Waals surface area contributed by atoms with Gasteiger partial charge >= 0.3 is 0 Å². The monoisotopic (exact) mass is 247 g/mol. The summed E-state index contributed by atoms with van der Waals surface area (Å²) in [6.45, 7) is 4.12. The molecule has 0 radical (unpaired) electrons. The second kappa shape index (κ2) is 6.60. The Labute approximate surface area is 99.9 Å². The minimum Gasteiger partial charge on any atom is -0.313 e. The van der Waals surface area contributed by atoms with Crippen molar-refractivity contribution in [2.45, 2.75) is 63.7 Å². The van der Waals surface area contributed by atoms with Crippen molar-refractivity contribution < 1.29 is 8.42 Å². The van der Waals surface area contributed by atoms with E-state index in [2.05, 4.69) is 5.32 Å². The summed E-state index contributed by atoms with van der Waals surface area (Å²) >= 11 is 0. The predicted octanol–water partition coefficient (Wildman–Crippen LogP) is 2.12. The third-order valence-corrected chi connectivity index (χ3v) is 5.60. The van der Waals surface area contributed by atoms with Gasteiger partial charge in [0.05, 0.1) is 11.0 Å². The Kier molecular flexibility index (Phi) is 5.76. The van der Waals surface area contributed by atoms with Crippen LogP contribution >= 0.6 is 0 Å². The van der Waals surface area contributed by atoms with Gasteiger partial charge in [-0.25, -0.2) is 8.42 Å². The van der Waals surface area contributed by atoms with Crippen LogP contribution < -0.4 is 5.32 Å². The van der Waals surface area contributed by atoms with Gasteiger partial charge in [-0.05, 0) is 26.7 Å². The lowest BCUT2D eigenvalue weighted by molar-refractivity contribution is 0.471. The molecule has 16 heavy (non-hydrogen) atoms. The standard InChI is InChI=1S/C12H25NO2S/c1-11(2)16(14,15)10-9-13-12-7-5-3-4-6-8-12/h11-13H,3-10H2,1-2H3. The molecule has 0 saturated heterocycles. The van der Waals surface area contributed by atoms with Gasteiger partial charge in [-0.2, -0.15) is 0 Å². The predicted molar refractivity (Wildman–Crippen MR) is 68.4 cm³/mol. The molecule has 1 fully saturated rings. The van der Waals surface area contributed by atoms with Gasteiger partial charge in [0.2, 0.25) is 0 Å². The fourth-order valence-electron chi connectivity index (χ4n) is 2.12. The van der Waals surface area contributed by atoms with E-state index in [4.69, 9.17) is 0 Å². The summed E-state index contributed by atoms with van der Waals surface area (Å²) in [6, 6.07) is 0.546. The van der Waals surface area contributed by atoms with E-state index in [1.54, 1.807) is 13.8 Å². The highest BCUT2D eigenvalue weighted by atomic mass is 32.2. The van der Waals surface area contributed by atoms with E-state index in [9.17, 15) is 8.42 Å². The molecule has 0 atom stereocenters. The van der Waals surface area contributed by atoms with E-state index in [0.29, 0.717) is 12.6 Å². The van der Waals surface area contributed by atoms with Crippen LogP contribution in [0.3, 0.4) is 0 Å². The Hall–Kier alpha value is -0.0900. The quantitative estimate of drug-likeness (QED) is 0.757. The molecule has 0 heterocycles. The molecule has 1 rings (SSSR count). The fourth-order valence-corrected chi connectivity index (χ4v) is 3.00. The van der Waals surface area contributed by atoms with Crippen molar-refractivity contribution in [3.05, 3.63) is 0 Å². The molecule has 4 heteroatoms. The number of rotatable bonds is 5. The second-order valence-corrected chi connectivity index (χ2v) is 7.74. The van der Waals surface area contributed by atoms with E-state index >= 15 is 0 Å². The molecule has 1 aliphatic rings. The average molecular weight is 247 g/mol. The number of hydrogen-bond acceptors (Lipinski definition) is 3. The van der Waals surface area contributed by atoms with Crippen LogP contribution in [0.25, 0.3) is 0 Å². The van der Waals surface area contributed by atoms with Crippen molar-refractivity contribution in [2.24, 2.45) is 0 Å². The molecular weight excluding hydrogens is 222 g/mol. The van der Waals surface area contributed by atoms with Gasteiger partial charge < -0.3 is 5.32 Å². The highest BCUT2D eigenvalue weighted by Gasteiger charge is 2.17. The maximum atomic E-state index is 11.6. The molecule has 1 N–H and O–H groups in total. The first-order valence-corrected chi connectivity index (χ1v) is 8.19. The van der Waals surface area contributed by atoms with Gasteiger partial charge in [0.1, 0.15) is 0 Å². The van der Waals surface area contributed by atoms with Crippen LogP contribution in [-0.2, 0) is 9.84 Å². The third-order valence-electron chi connectivity index (χ3n) is 3.39. The van der Waals surface area contributed by atoms with Gasteiger partial charge in [0.15, 0.2) is 9.84 Å². The van der Waals surface area contributed by atoms with Gasteiger partial charge in [-0.15, -0.1) is 0 Å². The zero-order valence-electron chi connectivity index (χ0n) is 10.5. The summed E-state index contributed by atoms with van der Waals surface area (Å²) in [5, 5.41) is 3.15. The maximum Gasteiger partial charge on any atom is 0.153 e. The molecule has 0 unspecified atom stereocenters. The van der Waals surface area contributed by atoms with Gasteiger partial charge in [0.25, 0.3) is 0 Å². The van der Waals surface area contributed by atoms with E-state index in [1.807, 2.05) is 0 Å². The molecule has 1 aliphatic carbocycles. The van der Waals surface area contributed by atoms with Crippen LogP contribution in [0.1, 0.15) is 52.4 Å². The Morgan fingerprint density at radius 3 is 2.19 bits per heavy atom. The molecule has 0 aromatic heterocycles. The SMILES string of the molecule is CC(C)S(=O)(=O)CCNC1CCCCCC1. The molecule has 0 aliphatic heterocycles. The van der Waals surface area contributed by atoms with Crippen LogP contribution in [0.2, 0.25) is 0 Å². The highest BCUT2D eigenvalue weighted by molar-refractivity contribution is 7.92. The van der Waals surface area contributed by atoms with Crippen molar-refractivity contribution >= 4 is 9.84 Å². The van der Waals surface area contributed by atoms with Crippen molar-refractivity contribution in [2.75, 3.05) is 12.3 Å². The summed E-state index contributed by atoms with van der Waals surface area (Å²) in [4.78, 5) is 0.